The first kappa shape index (κ1) is 16.9. The highest BCUT2D eigenvalue weighted by atomic mass is 16.6. The van der Waals surface area contributed by atoms with Crippen molar-refractivity contribution in [3.05, 3.63) is 33.9 Å². The number of hydrogen-bond donors (Lipinski definition) is 1. The van der Waals surface area contributed by atoms with Crippen molar-refractivity contribution in [2.24, 2.45) is 5.73 Å². The highest BCUT2D eigenvalue weighted by molar-refractivity contribution is 5.80. The van der Waals surface area contributed by atoms with Crippen LogP contribution in [0.4, 0.5) is 5.69 Å². The van der Waals surface area contributed by atoms with Crippen molar-refractivity contribution in [2.45, 2.75) is 32.7 Å². The lowest BCUT2D eigenvalue weighted by atomic mass is 10.1. The Balaban J connectivity index is 2.88. The van der Waals surface area contributed by atoms with Crippen molar-refractivity contribution >= 4 is 11.7 Å². The van der Waals surface area contributed by atoms with Crippen LogP contribution in [-0.4, -0.2) is 29.6 Å². The number of carbonyl (C=O) groups excluding carboxylic acids is 1. The van der Waals surface area contributed by atoms with Crippen LogP contribution in [0.3, 0.4) is 0 Å². The third-order valence-corrected chi connectivity index (χ3v) is 2.90. The zero-order chi connectivity index (χ0) is 16.0. The first-order chi connectivity index (χ1) is 9.81. The van der Waals surface area contributed by atoms with Crippen LogP contribution in [0.25, 0.3) is 0 Å². The quantitative estimate of drug-likeness (QED) is 0.467. The van der Waals surface area contributed by atoms with Crippen LogP contribution in [0.2, 0.25) is 0 Å². The van der Waals surface area contributed by atoms with Gasteiger partial charge in [-0.3, -0.25) is 10.1 Å². The molecular formula is C14H20N2O5. The first-order valence-electron chi connectivity index (χ1n) is 6.68. The van der Waals surface area contributed by atoms with Crippen LogP contribution in [0.1, 0.15) is 26.3 Å². The Bertz CT molecular complexity index is 528. The number of carbonyl (C=O) groups is 1. The number of esters is 1. The summed E-state index contributed by atoms with van der Waals surface area (Å²) in [6.45, 7) is 5.02. The van der Waals surface area contributed by atoms with E-state index in [1.165, 1.54) is 19.1 Å². The SMILES string of the molecule is CCOC(=O)C(C)(N)COc1ccc(CC)cc1[N+](=O)[O-]. The molecule has 7 nitrogen and oxygen atoms in total. The van der Waals surface area contributed by atoms with E-state index in [9.17, 15) is 14.9 Å². The number of nitrogens with two attached hydrogens (primary N) is 1. The molecule has 0 saturated heterocycles. The second-order valence-electron chi connectivity index (χ2n) is 4.84. The minimum Gasteiger partial charge on any atom is -0.484 e. The van der Waals surface area contributed by atoms with E-state index in [-0.39, 0.29) is 24.7 Å². The van der Waals surface area contributed by atoms with E-state index >= 15 is 0 Å². The van der Waals surface area contributed by atoms with Crippen molar-refractivity contribution < 1.29 is 19.2 Å². The summed E-state index contributed by atoms with van der Waals surface area (Å²) in [4.78, 5) is 22.2. The number of nitrogens with zero attached hydrogens (tertiary/aromatic N) is 1. The normalized spacial score (nSPS) is 13.3. The number of rotatable bonds is 7. The third kappa shape index (κ3) is 4.42. The van der Waals surface area contributed by atoms with Gasteiger partial charge in [-0.2, -0.15) is 0 Å². The van der Waals surface area contributed by atoms with E-state index in [1.54, 1.807) is 13.0 Å². The van der Waals surface area contributed by atoms with E-state index in [4.69, 9.17) is 15.2 Å². The van der Waals surface area contributed by atoms with Gasteiger partial charge in [-0.15, -0.1) is 0 Å². The highest BCUT2D eigenvalue weighted by Crippen LogP contribution is 2.28. The molecule has 0 aromatic heterocycles. The van der Waals surface area contributed by atoms with Crippen molar-refractivity contribution in [3.8, 4) is 5.75 Å². The van der Waals surface area contributed by atoms with Gasteiger partial charge in [0, 0.05) is 6.07 Å². The molecule has 0 amide bonds. The van der Waals surface area contributed by atoms with Crippen molar-refractivity contribution in [1.29, 1.82) is 0 Å². The summed E-state index contributed by atoms with van der Waals surface area (Å²) in [7, 11) is 0. The Labute approximate surface area is 123 Å². The second-order valence-corrected chi connectivity index (χ2v) is 4.84. The lowest BCUT2D eigenvalue weighted by Gasteiger charge is -2.22. The molecule has 7 heteroatoms. The predicted molar refractivity (Wildman–Crippen MR) is 77.2 cm³/mol. The second kappa shape index (κ2) is 7.03. The smallest absolute Gasteiger partial charge is 0.329 e. The Morgan fingerprint density at radius 3 is 2.62 bits per heavy atom. The minimum atomic E-state index is -1.37. The summed E-state index contributed by atoms with van der Waals surface area (Å²) in [5, 5.41) is 11.1. The molecular weight excluding hydrogens is 276 g/mol. The Morgan fingerprint density at radius 2 is 2.10 bits per heavy atom. The molecule has 0 fully saturated rings. The molecule has 1 aromatic carbocycles. The maximum Gasteiger partial charge on any atom is 0.329 e. The van der Waals surface area contributed by atoms with E-state index < -0.39 is 16.4 Å². The number of aryl methyl sites for hydroxylation is 1. The maximum absolute atomic E-state index is 11.6. The lowest BCUT2D eigenvalue weighted by molar-refractivity contribution is -0.386. The van der Waals surface area contributed by atoms with Gasteiger partial charge in [-0.1, -0.05) is 13.0 Å². The topological polar surface area (TPSA) is 105 Å². The first-order valence-corrected chi connectivity index (χ1v) is 6.68. The molecule has 0 radical (unpaired) electrons. The Morgan fingerprint density at radius 1 is 1.43 bits per heavy atom. The van der Waals surface area contributed by atoms with Gasteiger partial charge in [0.15, 0.2) is 5.75 Å². The van der Waals surface area contributed by atoms with Crippen LogP contribution in [0.15, 0.2) is 18.2 Å². The molecule has 2 N–H and O–H groups in total. The van der Waals surface area contributed by atoms with Crippen LogP contribution in [0.5, 0.6) is 5.75 Å². The van der Waals surface area contributed by atoms with E-state index in [1.807, 2.05) is 6.92 Å². The van der Waals surface area contributed by atoms with Gasteiger partial charge in [0.05, 0.1) is 11.5 Å². The Kier molecular flexibility index (Phi) is 5.66. The van der Waals surface area contributed by atoms with Crippen LogP contribution >= 0.6 is 0 Å². The zero-order valence-corrected chi connectivity index (χ0v) is 12.4. The fraction of sp³-hybridized carbons (Fsp3) is 0.500. The van der Waals surface area contributed by atoms with Gasteiger partial charge >= 0.3 is 11.7 Å². The van der Waals surface area contributed by atoms with E-state index in [0.29, 0.717) is 6.42 Å². The summed E-state index contributed by atoms with van der Waals surface area (Å²) >= 11 is 0. The van der Waals surface area contributed by atoms with Gasteiger partial charge in [0.25, 0.3) is 0 Å². The minimum absolute atomic E-state index is 0.0816. The molecule has 116 valence electrons. The van der Waals surface area contributed by atoms with E-state index in [0.717, 1.165) is 5.56 Å². The Hall–Kier alpha value is -2.15. The van der Waals surface area contributed by atoms with Crippen molar-refractivity contribution in [2.75, 3.05) is 13.2 Å². The molecule has 0 aliphatic heterocycles. The lowest BCUT2D eigenvalue weighted by Crippen LogP contribution is -2.51. The fourth-order valence-corrected chi connectivity index (χ4v) is 1.63. The molecule has 0 aliphatic rings. The summed E-state index contributed by atoms with van der Waals surface area (Å²) in [5.41, 5.74) is 5.12. The molecule has 1 aromatic rings. The standard InChI is InChI=1S/C14H20N2O5/c1-4-10-6-7-12(11(8-10)16(18)19)21-9-14(3,15)13(17)20-5-2/h6-8H,4-5,9,15H2,1-3H3. The summed E-state index contributed by atoms with van der Waals surface area (Å²) in [6.07, 6.45) is 0.679. The third-order valence-electron chi connectivity index (χ3n) is 2.90. The molecule has 0 spiro atoms. The summed E-state index contributed by atoms with van der Waals surface area (Å²) in [6, 6.07) is 4.70. The highest BCUT2D eigenvalue weighted by Gasteiger charge is 2.32. The number of hydrogen-bond acceptors (Lipinski definition) is 6. The fourth-order valence-electron chi connectivity index (χ4n) is 1.63. The van der Waals surface area contributed by atoms with Crippen molar-refractivity contribution in [3.63, 3.8) is 0 Å². The average molecular weight is 296 g/mol. The number of ether oxygens (including phenoxy) is 2. The molecule has 0 bridgehead atoms. The number of nitro benzene ring substituents is 1. The zero-order valence-electron chi connectivity index (χ0n) is 12.4. The van der Waals surface area contributed by atoms with Crippen LogP contribution < -0.4 is 10.5 Å². The molecule has 1 atom stereocenters. The van der Waals surface area contributed by atoms with Gasteiger partial charge in [0.1, 0.15) is 12.1 Å². The molecule has 1 unspecified atom stereocenters. The molecule has 21 heavy (non-hydrogen) atoms. The van der Waals surface area contributed by atoms with Crippen LogP contribution in [-0.2, 0) is 16.0 Å². The predicted octanol–water partition coefficient (Wildman–Crippen LogP) is 1.82. The monoisotopic (exact) mass is 296 g/mol. The van der Waals surface area contributed by atoms with Gasteiger partial charge in [-0.25, -0.2) is 4.79 Å². The average Bonchev–Trinajstić information content (AvgIpc) is 2.45. The number of benzene rings is 1. The summed E-state index contributed by atoms with van der Waals surface area (Å²) in [5.74, 6) is -0.531. The largest absolute Gasteiger partial charge is 0.484 e. The van der Waals surface area contributed by atoms with E-state index in [2.05, 4.69) is 0 Å². The van der Waals surface area contributed by atoms with Gasteiger partial charge in [-0.05, 0) is 31.9 Å². The number of nitro groups is 1. The van der Waals surface area contributed by atoms with Gasteiger partial charge in [0.2, 0.25) is 0 Å². The molecule has 0 saturated carbocycles. The van der Waals surface area contributed by atoms with Crippen molar-refractivity contribution in [1.82, 2.24) is 0 Å². The molecule has 0 aliphatic carbocycles. The van der Waals surface area contributed by atoms with Gasteiger partial charge < -0.3 is 15.2 Å². The van der Waals surface area contributed by atoms with Crippen LogP contribution in [0, 0.1) is 10.1 Å². The maximum atomic E-state index is 11.6. The molecule has 0 heterocycles. The molecule has 1 rings (SSSR count). The summed E-state index contributed by atoms with van der Waals surface area (Å²) < 4.78 is 10.2.